The fourth-order valence-corrected chi connectivity index (χ4v) is 5.00. The molecule has 0 aliphatic carbocycles. The second-order valence-electron chi connectivity index (χ2n) is 10.2. The van der Waals surface area contributed by atoms with Gasteiger partial charge < -0.3 is 24.0 Å². The van der Waals surface area contributed by atoms with Crippen LogP contribution >= 0.6 is 0 Å². The molecule has 1 aromatic heterocycles. The van der Waals surface area contributed by atoms with E-state index in [1.54, 1.807) is 19.1 Å². The molecule has 0 spiro atoms. The molecule has 0 aliphatic heterocycles. The van der Waals surface area contributed by atoms with Gasteiger partial charge in [-0.15, -0.1) is 0 Å². The first-order chi connectivity index (χ1) is 18.8. The summed E-state index contributed by atoms with van der Waals surface area (Å²) < 4.78 is 13.7. The summed E-state index contributed by atoms with van der Waals surface area (Å²) >= 11 is 0. The Morgan fingerprint density at radius 1 is 0.974 bits per heavy atom. The molecule has 0 radical (unpaired) electrons. The first-order valence-electron chi connectivity index (χ1n) is 14.2. The van der Waals surface area contributed by atoms with Crippen molar-refractivity contribution in [1.82, 2.24) is 9.47 Å². The van der Waals surface area contributed by atoms with Gasteiger partial charge in [-0.2, -0.15) is 0 Å². The molecule has 1 heterocycles. The number of ether oxygens (including phenoxy) is 2. The Balaban J connectivity index is 1.65. The molecule has 0 bridgehead atoms. The van der Waals surface area contributed by atoms with Crippen molar-refractivity contribution in [3.8, 4) is 5.75 Å². The van der Waals surface area contributed by atoms with Crippen molar-refractivity contribution in [2.45, 2.75) is 77.9 Å². The van der Waals surface area contributed by atoms with Crippen molar-refractivity contribution in [2.75, 3.05) is 19.8 Å². The van der Waals surface area contributed by atoms with E-state index in [9.17, 15) is 14.7 Å². The van der Waals surface area contributed by atoms with Gasteiger partial charge in [-0.25, -0.2) is 4.79 Å². The van der Waals surface area contributed by atoms with Crippen molar-refractivity contribution in [3.63, 3.8) is 0 Å². The third-order valence-corrected chi connectivity index (χ3v) is 7.45. The first-order valence-corrected chi connectivity index (χ1v) is 14.2. The molecule has 2 aromatic carbocycles. The molecule has 3 rings (SSSR count). The summed E-state index contributed by atoms with van der Waals surface area (Å²) in [6.07, 6.45) is 6.29. The second-order valence-corrected chi connectivity index (χ2v) is 10.2. The van der Waals surface area contributed by atoms with Gasteiger partial charge >= 0.3 is 5.97 Å². The first kappa shape index (κ1) is 30.2. The van der Waals surface area contributed by atoms with E-state index >= 15 is 0 Å². The highest BCUT2D eigenvalue weighted by molar-refractivity contribution is 5.82. The lowest BCUT2D eigenvalue weighted by Crippen LogP contribution is -2.43. The predicted octanol–water partition coefficient (Wildman–Crippen LogP) is 6.37. The van der Waals surface area contributed by atoms with E-state index < -0.39 is 11.6 Å². The van der Waals surface area contributed by atoms with Gasteiger partial charge in [0.2, 0.25) is 0 Å². The molecule has 0 saturated carbocycles. The minimum Gasteiger partial charge on any atom is -0.484 e. The van der Waals surface area contributed by atoms with Gasteiger partial charge in [-0.3, -0.25) is 4.79 Å². The number of unbranched alkanes of at least 4 members (excludes halogenated alkanes) is 4. The number of carboxylic acids is 1. The van der Waals surface area contributed by atoms with Crippen molar-refractivity contribution in [1.29, 1.82) is 0 Å². The maximum absolute atomic E-state index is 13.3. The average molecular weight is 537 g/mol. The monoisotopic (exact) mass is 536 g/mol. The molecule has 1 N–H and O–H groups in total. The number of carbonyl (C=O) groups is 2. The van der Waals surface area contributed by atoms with E-state index in [4.69, 9.17) is 9.47 Å². The average Bonchev–Trinajstić information content (AvgIpc) is 3.26. The lowest BCUT2D eigenvalue weighted by molar-refractivity contribution is -0.166. The van der Waals surface area contributed by atoms with E-state index in [-0.39, 0.29) is 18.9 Å². The molecule has 7 nitrogen and oxygen atoms in total. The molecule has 0 aliphatic rings. The number of nitrogens with zero attached hydrogens (tertiary/aromatic N) is 2. The van der Waals surface area contributed by atoms with Crippen LogP contribution in [0.2, 0.25) is 0 Å². The molecule has 0 fully saturated rings. The third-order valence-electron chi connectivity index (χ3n) is 7.45. The molecular weight excluding hydrogens is 492 g/mol. The summed E-state index contributed by atoms with van der Waals surface area (Å²) in [6, 6.07) is 17.7. The maximum Gasteiger partial charge on any atom is 0.336 e. The SMILES string of the molecule is CCCCCCCN(Cc1cc2ccccc2n1C)C(=O)COc1ccc(C[C@](CC)(OCC)C(=O)O)cc1. The van der Waals surface area contributed by atoms with E-state index in [1.165, 1.54) is 24.6 Å². The fourth-order valence-electron chi connectivity index (χ4n) is 5.00. The lowest BCUT2D eigenvalue weighted by Gasteiger charge is -2.28. The second kappa shape index (κ2) is 14.7. The minimum atomic E-state index is -1.24. The smallest absolute Gasteiger partial charge is 0.336 e. The number of aromatic nitrogens is 1. The molecule has 1 amide bonds. The van der Waals surface area contributed by atoms with Crippen LogP contribution in [0, 0.1) is 0 Å². The molecule has 0 saturated heterocycles. The quantitative estimate of drug-likeness (QED) is 0.203. The van der Waals surface area contributed by atoms with Crippen molar-refractivity contribution < 1.29 is 24.2 Å². The highest BCUT2D eigenvalue weighted by atomic mass is 16.5. The van der Waals surface area contributed by atoms with Crippen LogP contribution in [-0.4, -0.2) is 51.8 Å². The number of carbonyl (C=O) groups excluding carboxylic acids is 1. The van der Waals surface area contributed by atoms with Crippen molar-refractivity contribution in [2.24, 2.45) is 7.05 Å². The van der Waals surface area contributed by atoms with Crippen LogP contribution in [0.25, 0.3) is 10.9 Å². The Kier molecular flexibility index (Phi) is 11.4. The number of aliphatic carboxylic acids is 1. The zero-order valence-electron chi connectivity index (χ0n) is 23.9. The number of aryl methyl sites for hydroxylation is 1. The number of hydrogen-bond acceptors (Lipinski definition) is 4. The lowest BCUT2D eigenvalue weighted by atomic mass is 9.91. The Morgan fingerprint density at radius 2 is 1.69 bits per heavy atom. The van der Waals surface area contributed by atoms with Crippen LogP contribution in [0.15, 0.2) is 54.6 Å². The summed E-state index contributed by atoms with van der Waals surface area (Å²) in [5.41, 5.74) is 1.84. The maximum atomic E-state index is 13.3. The topological polar surface area (TPSA) is 81.0 Å². The number of para-hydroxylation sites is 1. The molecule has 3 aromatic rings. The van der Waals surface area contributed by atoms with Crippen LogP contribution in [0.5, 0.6) is 5.75 Å². The van der Waals surface area contributed by atoms with Crippen LogP contribution in [0.4, 0.5) is 0 Å². The molecule has 1 atom stereocenters. The highest BCUT2D eigenvalue weighted by Crippen LogP contribution is 2.25. The molecule has 0 unspecified atom stereocenters. The van der Waals surface area contributed by atoms with Gasteiger partial charge in [-0.05, 0) is 55.0 Å². The number of carboxylic acid groups (broad SMARTS) is 1. The molecule has 212 valence electrons. The van der Waals surface area contributed by atoms with Gasteiger partial charge in [0.05, 0.1) is 6.54 Å². The fraction of sp³-hybridized carbons (Fsp3) is 0.500. The molecule has 39 heavy (non-hydrogen) atoms. The number of hydrogen-bond donors (Lipinski definition) is 1. The van der Waals surface area contributed by atoms with E-state index in [2.05, 4.69) is 29.7 Å². The normalized spacial score (nSPS) is 12.8. The van der Waals surface area contributed by atoms with Crippen LogP contribution in [0.3, 0.4) is 0 Å². The van der Waals surface area contributed by atoms with Gasteiger partial charge in [0.1, 0.15) is 5.75 Å². The van der Waals surface area contributed by atoms with E-state index in [0.717, 1.165) is 29.6 Å². The van der Waals surface area contributed by atoms with Crippen LogP contribution in [0.1, 0.15) is 70.6 Å². The zero-order valence-corrected chi connectivity index (χ0v) is 23.9. The highest BCUT2D eigenvalue weighted by Gasteiger charge is 2.37. The Bertz CT molecular complexity index is 1200. The largest absolute Gasteiger partial charge is 0.484 e. The van der Waals surface area contributed by atoms with Gasteiger partial charge in [0.25, 0.3) is 5.91 Å². The summed E-state index contributed by atoms with van der Waals surface area (Å²) in [7, 11) is 2.04. The zero-order chi connectivity index (χ0) is 28.3. The standard InChI is InChI=1S/C32H44N2O5/c1-5-8-9-10-13-20-34(23-27-21-26-14-11-12-15-29(26)33(27)4)30(35)24-38-28-18-16-25(17-19-28)22-32(6-2,31(36)37)39-7-3/h11-12,14-19,21H,5-10,13,20,22-24H2,1-4H3,(H,36,37)/t32-/m0/s1. The van der Waals surface area contributed by atoms with Gasteiger partial charge in [0, 0.05) is 37.8 Å². The van der Waals surface area contributed by atoms with E-state index in [0.29, 0.717) is 31.9 Å². The van der Waals surface area contributed by atoms with Crippen molar-refractivity contribution >= 4 is 22.8 Å². The molecule has 7 heteroatoms. The summed E-state index contributed by atoms with van der Waals surface area (Å²) in [6.45, 7) is 7.33. The Hall–Kier alpha value is -3.32. The van der Waals surface area contributed by atoms with E-state index in [1.807, 2.05) is 43.1 Å². The number of fused-ring (bicyclic) bond motifs is 1. The summed E-state index contributed by atoms with van der Waals surface area (Å²) in [5, 5.41) is 10.9. The number of benzene rings is 2. The third kappa shape index (κ3) is 8.09. The van der Waals surface area contributed by atoms with Crippen LogP contribution < -0.4 is 4.74 Å². The van der Waals surface area contributed by atoms with Crippen molar-refractivity contribution in [3.05, 3.63) is 65.9 Å². The van der Waals surface area contributed by atoms with Gasteiger partial charge in [0.15, 0.2) is 12.2 Å². The number of amides is 1. The Morgan fingerprint density at radius 3 is 2.33 bits per heavy atom. The molecular formula is C32H44N2O5. The summed E-state index contributed by atoms with van der Waals surface area (Å²) in [4.78, 5) is 27.1. The summed E-state index contributed by atoms with van der Waals surface area (Å²) in [5.74, 6) is -0.431. The Labute approximate surface area is 232 Å². The minimum absolute atomic E-state index is 0.0490. The number of rotatable bonds is 17. The van der Waals surface area contributed by atoms with Crippen LogP contribution in [-0.2, 0) is 34.3 Å². The van der Waals surface area contributed by atoms with Gasteiger partial charge in [-0.1, -0.05) is 69.9 Å². The predicted molar refractivity (Wildman–Crippen MR) is 155 cm³/mol.